The normalized spacial score (nSPS) is 14.1. The molecule has 0 aliphatic carbocycles. The molecule has 2 atom stereocenters. The number of para-hydroxylation sites is 1. The Bertz CT molecular complexity index is 379. The van der Waals surface area contributed by atoms with Gasteiger partial charge in [0.2, 0.25) is 0 Å². The highest BCUT2D eigenvalue weighted by atomic mass is 16.5. The minimum atomic E-state index is -0.597. The number of ether oxygens (including phenoxy) is 1. The zero-order valence-corrected chi connectivity index (χ0v) is 10.3. The van der Waals surface area contributed by atoms with Crippen LogP contribution in [0.3, 0.4) is 0 Å². The summed E-state index contributed by atoms with van der Waals surface area (Å²) in [5.41, 5.74) is 12.2. The van der Waals surface area contributed by atoms with Gasteiger partial charge in [0.15, 0.2) is 6.10 Å². The van der Waals surface area contributed by atoms with E-state index in [1.54, 1.807) is 0 Å². The Balaban J connectivity index is 2.93. The lowest BCUT2D eigenvalue weighted by Crippen LogP contribution is -2.33. The van der Waals surface area contributed by atoms with Gasteiger partial charge < -0.3 is 16.2 Å². The van der Waals surface area contributed by atoms with E-state index in [1.165, 1.54) is 0 Å². The fourth-order valence-corrected chi connectivity index (χ4v) is 1.61. The molecule has 0 bridgehead atoms. The van der Waals surface area contributed by atoms with Gasteiger partial charge in [0.05, 0.1) is 0 Å². The molecule has 1 aromatic carbocycles. The highest BCUT2D eigenvalue weighted by molar-refractivity contribution is 5.79. The lowest BCUT2D eigenvalue weighted by molar-refractivity contribution is -0.124. The zero-order valence-electron chi connectivity index (χ0n) is 10.3. The van der Waals surface area contributed by atoms with Gasteiger partial charge in [0.25, 0.3) is 5.91 Å². The standard InChI is InChI=1S/C13H20N2O2/c1-3-10(14)9-7-5-6-8-12(9)17-11(4-2)13(15)16/h5-8,10-11H,3-4,14H2,1-2H3,(H2,15,16)/t10-,11?/m0/s1. The van der Waals surface area contributed by atoms with Crippen molar-refractivity contribution in [3.63, 3.8) is 0 Å². The van der Waals surface area contributed by atoms with Crippen molar-refractivity contribution in [2.45, 2.75) is 38.8 Å². The van der Waals surface area contributed by atoms with Crippen LogP contribution in [0, 0.1) is 0 Å². The van der Waals surface area contributed by atoms with Crippen molar-refractivity contribution >= 4 is 5.91 Å². The molecular formula is C13H20N2O2. The molecule has 1 unspecified atom stereocenters. The molecule has 0 spiro atoms. The summed E-state index contributed by atoms with van der Waals surface area (Å²) >= 11 is 0. The highest BCUT2D eigenvalue weighted by Crippen LogP contribution is 2.26. The summed E-state index contributed by atoms with van der Waals surface area (Å²) in [4.78, 5) is 11.2. The molecule has 0 radical (unpaired) electrons. The van der Waals surface area contributed by atoms with E-state index >= 15 is 0 Å². The molecule has 0 aromatic heterocycles. The Labute approximate surface area is 102 Å². The molecule has 0 saturated carbocycles. The number of carbonyl (C=O) groups is 1. The molecule has 94 valence electrons. The van der Waals surface area contributed by atoms with Gasteiger partial charge in [-0.25, -0.2) is 0 Å². The molecule has 0 aliphatic heterocycles. The van der Waals surface area contributed by atoms with Crippen molar-refractivity contribution in [2.24, 2.45) is 11.5 Å². The average Bonchev–Trinajstić information content (AvgIpc) is 2.35. The SMILES string of the molecule is CCC(Oc1ccccc1[C@@H](N)CC)C(N)=O. The molecule has 0 heterocycles. The van der Waals surface area contributed by atoms with Crippen molar-refractivity contribution < 1.29 is 9.53 Å². The monoisotopic (exact) mass is 236 g/mol. The maximum atomic E-state index is 11.2. The first-order valence-electron chi connectivity index (χ1n) is 5.90. The zero-order chi connectivity index (χ0) is 12.8. The number of hydrogen-bond donors (Lipinski definition) is 2. The van der Waals surface area contributed by atoms with Crippen LogP contribution in [0.25, 0.3) is 0 Å². The average molecular weight is 236 g/mol. The van der Waals surface area contributed by atoms with E-state index in [0.29, 0.717) is 12.2 Å². The minimum absolute atomic E-state index is 0.0865. The Morgan fingerprint density at radius 1 is 1.29 bits per heavy atom. The maximum absolute atomic E-state index is 11.2. The predicted molar refractivity (Wildman–Crippen MR) is 67.6 cm³/mol. The van der Waals surface area contributed by atoms with Crippen LogP contribution in [0.1, 0.15) is 38.3 Å². The second kappa shape index (κ2) is 6.25. The van der Waals surface area contributed by atoms with Crippen molar-refractivity contribution in [3.8, 4) is 5.75 Å². The summed E-state index contributed by atoms with van der Waals surface area (Å²) in [5, 5.41) is 0. The molecule has 4 heteroatoms. The van der Waals surface area contributed by atoms with Gasteiger partial charge in [0, 0.05) is 11.6 Å². The number of rotatable bonds is 6. The van der Waals surface area contributed by atoms with Gasteiger partial charge in [-0.15, -0.1) is 0 Å². The van der Waals surface area contributed by atoms with Gasteiger partial charge in [-0.3, -0.25) is 4.79 Å². The summed E-state index contributed by atoms with van der Waals surface area (Å²) in [6, 6.07) is 7.41. The van der Waals surface area contributed by atoms with E-state index in [4.69, 9.17) is 16.2 Å². The number of hydrogen-bond acceptors (Lipinski definition) is 3. The van der Waals surface area contributed by atoms with Gasteiger partial charge in [-0.2, -0.15) is 0 Å². The topological polar surface area (TPSA) is 78.3 Å². The van der Waals surface area contributed by atoms with Crippen LogP contribution in [0.5, 0.6) is 5.75 Å². The molecule has 1 aromatic rings. The first-order valence-corrected chi connectivity index (χ1v) is 5.90. The second-order valence-electron chi connectivity index (χ2n) is 3.97. The molecule has 0 aliphatic rings. The number of nitrogens with two attached hydrogens (primary N) is 2. The molecule has 1 rings (SSSR count). The minimum Gasteiger partial charge on any atom is -0.480 e. The van der Waals surface area contributed by atoms with Gasteiger partial charge in [0.1, 0.15) is 5.75 Å². The Hall–Kier alpha value is -1.55. The fourth-order valence-electron chi connectivity index (χ4n) is 1.61. The van der Waals surface area contributed by atoms with Crippen molar-refractivity contribution in [1.82, 2.24) is 0 Å². The summed E-state index contributed by atoms with van der Waals surface area (Å²) in [6.45, 7) is 3.87. The van der Waals surface area contributed by atoms with Crippen molar-refractivity contribution in [1.29, 1.82) is 0 Å². The number of carbonyl (C=O) groups excluding carboxylic acids is 1. The predicted octanol–water partition coefficient (Wildman–Crippen LogP) is 1.74. The second-order valence-corrected chi connectivity index (χ2v) is 3.97. The lowest BCUT2D eigenvalue weighted by atomic mass is 10.0. The van der Waals surface area contributed by atoms with Crippen LogP contribution in [-0.2, 0) is 4.79 Å². The van der Waals surface area contributed by atoms with E-state index < -0.39 is 12.0 Å². The first-order chi connectivity index (χ1) is 8.10. The van der Waals surface area contributed by atoms with E-state index in [0.717, 1.165) is 12.0 Å². The third kappa shape index (κ3) is 3.46. The van der Waals surface area contributed by atoms with Gasteiger partial charge in [-0.05, 0) is 18.9 Å². The molecule has 0 fully saturated rings. The van der Waals surface area contributed by atoms with Crippen LogP contribution < -0.4 is 16.2 Å². The van der Waals surface area contributed by atoms with Crippen molar-refractivity contribution in [2.75, 3.05) is 0 Å². The van der Waals surface area contributed by atoms with Crippen molar-refractivity contribution in [3.05, 3.63) is 29.8 Å². The van der Waals surface area contributed by atoms with Crippen LogP contribution in [0.4, 0.5) is 0 Å². The Morgan fingerprint density at radius 3 is 2.47 bits per heavy atom. The number of benzene rings is 1. The van der Waals surface area contributed by atoms with Crippen LogP contribution in [0.15, 0.2) is 24.3 Å². The van der Waals surface area contributed by atoms with Crippen LogP contribution >= 0.6 is 0 Å². The number of primary amides is 1. The van der Waals surface area contributed by atoms with E-state index in [1.807, 2.05) is 38.1 Å². The summed E-state index contributed by atoms with van der Waals surface area (Å²) in [7, 11) is 0. The summed E-state index contributed by atoms with van der Waals surface area (Å²) < 4.78 is 5.62. The fraction of sp³-hybridized carbons (Fsp3) is 0.462. The van der Waals surface area contributed by atoms with E-state index in [9.17, 15) is 4.79 Å². The third-order valence-electron chi connectivity index (χ3n) is 2.72. The van der Waals surface area contributed by atoms with E-state index in [-0.39, 0.29) is 6.04 Å². The van der Waals surface area contributed by atoms with Crippen LogP contribution in [0.2, 0.25) is 0 Å². The Morgan fingerprint density at radius 2 is 1.94 bits per heavy atom. The first kappa shape index (κ1) is 13.5. The van der Waals surface area contributed by atoms with Gasteiger partial charge >= 0.3 is 0 Å². The molecule has 4 nitrogen and oxygen atoms in total. The Kier molecular flexibility index (Phi) is 4.97. The molecule has 1 amide bonds. The van der Waals surface area contributed by atoms with Gasteiger partial charge in [-0.1, -0.05) is 32.0 Å². The molecule has 4 N–H and O–H groups in total. The summed E-state index contributed by atoms with van der Waals surface area (Å²) in [5.74, 6) is 0.194. The quantitative estimate of drug-likeness (QED) is 0.789. The van der Waals surface area contributed by atoms with Crippen LogP contribution in [-0.4, -0.2) is 12.0 Å². The maximum Gasteiger partial charge on any atom is 0.258 e. The molecule has 17 heavy (non-hydrogen) atoms. The highest BCUT2D eigenvalue weighted by Gasteiger charge is 2.17. The summed E-state index contributed by atoms with van der Waals surface area (Å²) in [6.07, 6.45) is 0.763. The molecule has 0 saturated heterocycles. The molecular weight excluding hydrogens is 216 g/mol. The largest absolute Gasteiger partial charge is 0.480 e. The van der Waals surface area contributed by atoms with E-state index in [2.05, 4.69) is 0 Å². The number of amides is 1. The smallest absolute Gasteiger partial charge is 0.258 e. The third-order valence-corrected chi connectivity index (χ3v) is 2.72. The lowest BCUT2D eigenvalue weighted by Gasteiger charge is -2.19.